The summed E-state index contributed by atoms with van der Waals surface area (Å²) < 4.78 is 5.39. The van der Waals surface area contributed by atoms with E-state index in [-0.39, 0.29) is 5.91 Å². The van der Waals surface area contributed by atoms with Crippen molar-refractivity contribution in [1.29, 1.82) is 0 Å². The fourth-order valence-corrected chi connectivity index (χ4v) is 2.01. The van der Waals surface area contributed by atoms with Crippen LogP contribution in [-0.2, 0) is 4.79 Å². The van der Waals surface area contributed by atoms with E-state index in [1.54, 1.807) is 19.1 Å². The van der Waals surface area contributed by atoms with Crippen LogP contribution >= 0.6 is 0 Å². The number of hydrogen-bond donors (Lipinski definition) is 1. The van der Waals surface area contributed by atoms with Crippen molar-refractivity contribution in [3.8, 4) is 5.75 Å². The summed E-state index contributed by atoms with van der Waals surface area (Å²) in [6.45, 7) is 4.47. The average molecular weight is 265 g/mol. The zero-order valence-electron chi connectivity index (χ0n) is 11.5. The largest absolute Gasteiger partial charge is 0.490 e. The summed E-state index contributed by atoms with van der Waals surface area (Å²) >= 11 is 0. The van der Waals surface area contributed by atoms with Gasteiger partial charge in [-0.2, -0.15) is 0 Å². The highest BCUT2D eigenvalue weighted by Crippen LogP contribution is 2.32. The molecular weight excluding hydrogens is 246 g/mol. The van der Waals surface area contributed by atoms with Gasteiger partial charge in [0.1, 0.15) is 6.33 Å². The SMILES string of the molecule is CCNc1ncnc(N2CCN(C)C(=O)C2)c1OC. The number of methoxy groups -OCH3 is 1. The van der Waals surface area contributed by atoms with Crippen molar-refractivity contribution in [2.45, 2.75) is 6.92 Å². The number of carbonyl (C=O) groups excluding carboxylic acids is 1. The molecule has 1 N–H and O–H groups in total. The second-order valence-corrected chi connectivity index (χ2v) is 4.35. The topological polar surface area (TPSA) is 70.6 Å². The second kappa shape index (κ2) is 5.73. The molecule has 104 valence electrons. The van der Waals surface area contributed by atoms with E-state index < -0.39 is 0 Å². The number of ether oxygens (including phenoxy) is 1. The van der Waals surface area contributed by atoms with Gasteiger partial charge in [0, 0.05) is 26.7 Å². The quantitative estimate of drug-likeness (QED) is 0.838. The van der Waals surface area contributed by atoms with Crippen LogP contribution in [0.2, 0.25) is 0 Å². The molecule has 2 heterocycles. The van der Waals surface area contributed by atoms with Gasteiger partial charge in [0.25, 0.3) is 0 Å². The Morgan fingerprint density at radius 3 is 2.84 bits per heavy atom. The first kappa shape index (κ1) is 13.4. The first-order chi connectivity index (χ1) is 9.17. The Morgan fingerprint density at radius 2 is 2.21 bits per heavy atom. The fourth-order valence-electron chi connectivity index (χ4n) is 2.01. The Labute approximate surface area is 112 Å². The molecule has 0 unspecified atom stereocenters. The fraction of sp³-hybridized carbons (Fsp3) is 0.583. The van der Waals surface area contributed by atoms with Crippen LogP contribution in [0.25, 0.3) is 0 Å². The van der Waals surface area contributed by atoms with Crippen LogP contribution in [0.3, 0.4) is 0 Å². The van der Waals surface area contributed by atoms with Gasteiger partial charge in [0.2, 0.25) is 11.7 Å². The third kappa shape index (κ3) is 2.69. The van der Waals surface area contributed by atoms with Crippen LogP contribution in [0.5, 0.6) is 5.75 Å². The van der Waals surface area contributed by atoms with Crippen LogP contribution in [0.1, 0.15) is 6.92 Å². The third-order valence-corrected chi connectivity index (χ3v) is 3.09. The number of amides is 1. The molecule has 1 aromatic rings. The highest BCUT2D eigenvalue weighted by atomic mass is 16.5. The molecule has 7 nitrogen and oxygen atoms in total. The standard InChI is InChI=1S/C12H19N5O2/c1-4-13-11-10(19-3)12(15-8-14-11)17-6-5-16(2)9(18)7-17/h8H,4-7H2,1-3H3,(H,13,14,15). The number of rotatable bonds is 4. The van der Waals surface area contributed by atoms with Crippen LogP contribution in [-0.4, -0.2) is 61.1 Å². The number of aromatic nitrogens is 2. The third-order valence-electron chi connectivity index (χ3n) is 3.09. The van der Waals surface area contributed by atoms with E-state index in [1.165, 1.54) is 6.33 Å². The van der Waals surface area contributed by atoms with E-state index in [2.05, 4.69) is 15.3 Å². The second-order valence-electron chi connectivity index (χ2n) is 4.35. The molecule has 7 heteroatoms. The predicted octanol–water partition coefficient (Wildman–Crippen LogP) is 0.195. The lowest BCUT2D eigenvalue weighted by atomic mass is 10.3. The smallest absolute Gasteiger partial charge is 0.241 e. The lowest BCUT2D eigenvalue weighted by molar-refractivity contribution is -0.129. The minimum absolute atomic E-state index is 0.0805. The molecule has 1 fully saturated rings. The monoisotopic (exact) mass is 265 g/mol. The molecular formula is C12H19N5O2. The summed E-state index contributed by atoms with van der Waals surface area (Å²) in [6.07, 6.45) is 1.48. The molecule has 1 amide bonds. The van der Waals surface area contributed by atoms with Crippen molar-refractivity contribution in [2.24, 2.45) is 0 Å². The lowest BCUT2D eigenvalue weighted by Crippen LogP contribution is -2.49. The Hall–Kier alpha value is -2.05. The van der Waals surface area contributed by atoms with Crippen LogP contribution < -0.4 is 15.0 Å². The van der Waals surface area contributed by atoms with Gasteiger partial charge in [-0.1, -0.05) is 0 Å². The molecule has 1 aliphatic rings. The molecule has 1 aromatic heterocycles. The van der Waals surface area contributed by atoms with E-state index in [0.717, 1.165) is 13.1 Å². The van der Waals surface area contributed by atoms with Gasteiger partial charge in [0.05, 0.1) is 13.7 Å². The number of carbonyl (C=O) groups is 1. The number of nitrogens with one attached hydrogen (secondary N) is 1. The number of nitrogens with zero attached hydrogens (tertiary/aromatic N) is 4. The van der Waals surface area contributed by atoms with Crippen molar-refractivity contribution >= 4 is 17.5 Å². The van der Waals surface area contributed by atoms with Gasteiger partial charge in [-0.25, -0.2) is 9.97 Å². The maximum atomic E-state index is 11.8. The van der Waals surface area contributed by atoms with E-state index >= 15 is 0 Å². The van der Waals surface area contributed by atoms with E-state index in [9.17, 15) is 4.79 Å². The number of anilines is 2. The van der Waals surface area contributed by atoms with E-state index in [1.807, 2.05) is 11.8 Å². The number of piperazine rings is 1. The first-order valence-corrected chi connectivity index (χ1v) is 6.29. The molecule has 0 atom stereocenters. The normalized spacial score (nSPS) is 15.6. The molecule has 1 aliphatic heterocycles. The zero-order chi connectivity index (χ0) is 13.8. The van der Waals surface area contributed by atoms with Gasteiger partial charge in [-0.05, 0) is 6.92 Å². The zero-order valence-corrected chi connectivity index (χ0v) is 11.5. The summed E-state index contributed by atoms with van der Waals surface area (Å²) in [5.74, 6) is 1.98. The van der Waals surface area contributed by atoms with E-state index in [0.29, 0.717) is 30.5 Å². The minimum atomic E-state index is 0.0805. The molecule has 1 saturated heterocycles. The van der Waals surface area contributed by atoms with Crippen molar-refractivity contribution in [1.82, 2.24) is 14.9 Å². The maximum Gasteiger partial charge on any atom is 0.241 e. The van der Waals surface area contributed by atoms with Crippen molar-refractivity contribution in [3.63, 3.8) is 0 Å². The van der Waals surface area contributed by atoms with Crippen LogP contribution in [0.15, 0.2) is 6.33 Å². The minimum Gasteiger partial charge on any atom is -0.490 e. The Morgan fingerprint density at radius 1 is 1.42 bits per heavy atom. The van der Waals surface area contributed by atoms with E-state index in [4.69, 9.17) is 4.74 Å². The molecule has 0 saturated carbocycles. The Kier molecular flexibility index (Phi) is 4.03. The predicted molar refractivity (Wildman–Crippen MR) is 72.6 cm³/mol. The molecule has 0 radical (unpaired) electrons. The van der Waals surface area contributed by atoms with Gasteiger partial charge in [-0.3, -0.25) is 4.79 Å². The van der Waals surface area contributed by atoms with Crippen LogP contribution in [0, 0.1) is 0 Å². The molecule has 0 aromatic carbocycles. The van der Waals surface area contributed by atoms with Gasteiger partial charge < -0.3 is 19.9 Å². The number of hydrogen-bond acceptors (Lipinski definition) is 6. The summed E-state index contributed by atoms with van der Waals surface area (Å²) in [5.41, 5.74) is 0. The maximum absolute atomic E-state index is 11.8. The summed E-state index contributed by atoms with van der Waals surface area (Å²) in [7, 11) is 3.39. The molecule has 0 bridgehead atoms. The molecule has 19 heavy (non-hydrogen) atoms. The van der Waals surface area contributed by atoms with Crippen molar-refractivity contribution in [3.05, 3.63) is 6.33 Å². The van der Waals surface area contributed by atoms with Gasteiger partial charge in [-0.15, -0.1) is 0 Å². The molecule has 0 aliphatic carbocycles. The lowest BCUT2D eigenvalue weighted by Gasteiger charge is -2.33. The molecule has 2 rings (SSSR count). The highest BCUT2D eigenvalue weighted by Gasteiger charge is 2.25. The van der Waals surface area contributed by atoms with Gasteiger partial charge in [0.15, 0.2) is 11.6 Å². The Bertz CT molecular complexity index is 465. The molecule has 0 spiro atoms. The van der Waals surface area contributed by atoms with Gasteiger partial charge >= 0.3 is 0 Å². The summed E-state index contributed by atoms with van der Waals surface area (Å²) in [4.78, 5) is 23.8. The summed E-state index contributed by atoms with van der Waals surface area (Å²) in [5, 5.41) is 3.13. The van der Waals surface area contributed by atoms with Crippen LogP contribution in [0.4, 0.5) is 11.6 Å². The number of likely N-dealkylation sites (N-methyl/N-ethyl adjacent to an activating group) is 1. The van der Waals surface area contributed by atoms with Crippen molar-refractivity contribution < 1.29 is 9.53 Å². The Balaban J connectivity index is 2.29. The summed E-state index contributed by atoms with van der Waals surface area (Å²) in [6, 6.07) is 0. The first-order valence-electron chi connectivity index (χ1n) is 6.29. The average Bonchev–Trinajstić information content (AvgIpc) is 2.42. The highest BCUT2D eigenvalue weighted by molar-refractivity contribution is 5.83. The van der Waals surface area contributed by atoms with Crippen molar-refractivity contribution in [2.75, 3.05) is 50.6 Å².